The van der Waals surface area contributed by atoms with Crippen molar-refractivity contribution in [2.45, 2.75) is 32.1 Å². The lowest BCUT2D eigenvalue weighted by Gasteiger charge is -2.33. The van der Waals surface area contributed by atoms with Gasteiger partial charge in [-0.2, -0.15) is 5.10 Å². The Hall–Kier alpha value is -2.37. The summed E-state index contributed by atoms with van der Waals surface area (Å²) in [5.74, 6) is 1.18. The molecule has 3 rings (SSSR count). The van der Waals surface area contributed by atoms with Crippen molar-refractivity contribution in [1.29, 1.82) is 0 Å². The third-order valence-electron chi connectivity index (χ3n) is 4.65. The molecule has 23 heavy (non-hydrogen) atoms. The number of benzene rings is 1. The van der Waals surface area contributed by atoms with Gasteiger partial charge in [0, 0.05) is 20.1 Å². The summed E-state index contributed by atoms with van der Waals surface area (Å²) < 4.78 is 1.67. The van der Waals surface area contributed by atoms with Crippen LogP contribution in [0.2, 0.25) is 0 Å². The van der Waals surface area contributed by atoms with E-state index in [1.165, 1.54) is 5.56 Å². The molecule has 0 atom stereocenters. The number of hydrogen-bond donors (Lipinski definition) is 0. The molecule has 6 nitrogen and oxygen atoms in total. The Bertz CT molecular complexity index is 688. The Morgan fingerprint density at radius 2 is 1.91 bits per heavy atom. The summed E-state index contributed by atoms with van der Waals surface area (Å²) in [6.45, 7) is 3.55. The van der Waals surface area contributed by atoms with Gasteiger partial charge in [-0.1, -0.05) is 37.3 Å². The molecule has 1 aromatic heterocycles. The number of aromatic nitrogens is 2. The fraction of sp³-hybridized carbons (Fsp3) is 0.471. The molecule has 1 saturated heterocycles. The molecule has 122 valence electrons. The predicted octanol–water partition coefficient (Wildman–Crippen LogP) is 3.27. The van der Waals surface area contributed by atoms with Gasteiger partial charge in [0.1, 0.15) is 5.69 Å². The van der Waals surface area contributed by atoms with E-state index >= 15 is 0 Å². The zero-order valence-corrected chi connectivity index (χ0v) is 13.6. The average molecular weight is 314 g/mol. The molecule has 0 amide bonds. The van der Waals surface area contributed by atoms with Gasteiger partial charge in [-0.05, 0) is 30.7 Å². The smallest absolute Gasteiger partial charge is 0.334 e. The molecular formula is C17H22N4O2. The third-order valence-corrected chi connectivity index (χ3v) is 4.65. The highest BCUT2D eigenvalue weighted by Gasteiger charge is 2.32. The molecule has 1 aliphatic rings. The number of aryl methyl sites for hydroxylation is 2. The Kier molecular flexibility index (Phi) is 4.32. The lowest BCUT2D eigenvalue weighted by Crippen LogP contribution is -2.34. The van der Waals surface area contributed by atoms with Crippen LogP contribution in [0.25, 0.3) is 0 Å². The molecule has 1 aliphatic heterocycles. The van der Waals surface area contributed by atoms with Gasteiger partial charge in [0.25, 0.3) is 0 Å². The number of nitrogens with zero attached hydrogens (tertiary/aromatic N) is 4. The molecule has 0 bridgehead atoms. The van der Waals surface area contributed by atoms with E-state index in [-0.39, 0.29) is 10.6 Å². The van der Waals surface area contributed by atoms with E-state index in [1.54, 1.807) is 11.7 Å². The molecule has 0 aliphatic carbocycles. The quantitative estimate of drug-likeness (QED) is 0.642. The van der Waals surface area contributed by atoms with Gasteiger partial charge in [-0.15, -0.1) is 0 Å². The van der Waals surface area contributed by atoms with E-state index in [9.17, 15) is 10.1 Å². The first-order valence-electron chi connectivity index (χ1n) is 8.12. The maximum atomic E-state index is 11.5. The van der Waals surface area contributed by atoms with E-state index in [1.807, 2.05) is 13.0 Å². The summed E-state index contributed by atoms with van der Waals surface area (Å²) in [4.78, 5) is 13.3. The molecule has 1 aromatic carbocycles. The van der Waals surface area contributed by atoms with Gasteiger partial charge >= 0.3 is 5.69 Å². The van der Waals surface area contributed by atoms with Crippen molar-refractivity contribution >= 4 is 11.5 Å². The van der Waals surface area contributed by atoms with Crippen LogP contribution in [-0.4, -0.2) is 27.8 Å². The standard InChI is InChI=1S/C17H22N4O2/c1-3-15-16(21(22)23)17(19(2)18-15)20-11-9-14(10-12-20)13-7-5-4-6-8-13/h4-8,14H,3,9-12H2,1-2H3. The Morgan fingerprint density at radius 1 is 1.26 bits per heavy atom. The van der Waals surface area contributed by atoms with E-state index < -0.39 is 0 Å². The fourth-order valence-electron chi connectivity index (χ4n) is 3.49. The van der Waals surface area contributed by atoms with Crippen molar-refractivity contribution in [3.8, 4) is 0 Å². The average Bonchev–Trinajstić information content (AvgIpc) is 2.92. The van der Waals surface area contributed by atoms with Crippen LogP contribution in [0.5, 0.6) is 0 Å². The van der Waals surface area contributed by atoms with E-state index in [0.29, 0.717) is 23.9 Å². The minimum absolute atomic E-state index is 0.174. The van der Waals surface area contributed by atoms with Crippen LogP contribution in [0.1, 0.15) is 36.9 Å². The zero-order valence-electron chi connectivity index (χ0n) is 13.6. The van der Waals surface area contributed by atoms with Crippen LogP contribution in [0.3, 0.4) is 0 Å². The van der Waals surface area contributed by atoms with E-state index in [4.69, 9.17) is 0 Å². The number of nitro groups is 1. The Labute approximate surface area is 135 Å². The molecule has 0 N–H and O–H groups in total. The minimum atomic E-state index is -0.287. The Morgan fingerprint density at radius 3 is 2.48 bits per heavy atom. The molecule has 2 aromatic rings. The fourth-order valence-corrected chi connectivity index (χ4v) is 3.49. The van der Waals surface area contributed by atoms with Crippen molar-refractivity contribution in [2.24, 2.45) is 7.05 Å². The van der Waals surface area contributed by atoms with Gasteiger partial charge in [-0.3, -0.25) is 10.1 Å². The van der Waals surface area contributed by atoms with Crippen LogP contribution in [0.4, 0.5) is 11.5 Å². The lowest BCUT2D eigenvalue weighted by molar-refractivity contribution is -0.384. The van der Waals surface area contributed by atoms with Crippen molar-refractivity contribution < 1.29 is 4.92 Å². The van der Waals surface area contributed by atoms with Crippen molar-refractivity contribution in [3.63, 3.8) is 0 Å². The topological polar surface area (TPSA) is 64.2 Å². The summed E-state index contributed by atoms with van der Waals surface area (Å²) >= 11 is 0. The number of anilines is 1. The van der Waals surface area contributed by atoms with Gasteiger partial charge in [0.05, 0.1) is 4.92 Å². The monoisotopic (exact) mass is 314 g/mol. The summed E-state index contributed by atoms with van der Waals surface area (Å²) in [5.41, 5.74) is 2.10. The van der Waals surface area contributed by atoms with Gasteiger partial charge < -0.3 is 4.90 Å². The van der Waals surface area contributed by atoms with Gasteiger partial charge in [-0.25, -0.2) is 4.68 Å². The minimum Gasteiger partial charge on any atom is -0.351 e. The van der Waals surface area contributed by atoms with Gasteiger partial charge in [0.2, 0.25) is 5.82 Å². The summed E-state index contributed by atoms with van der Waals surface area (Å²) in [7, 11) is 1.80. The largest absolute Gasteiger partial charge is 0.351 e. The normalized spacial score (nSPS) is 15.8. The van der Waals surface area contributed by atoms with Crippen LogP contribution in [-0.2, 0) is 13.5 Å². The second-order valence-electron chi connectivity index (χ2n) is 6.03. The molecule has 0 unspecified atom stereocenters. The molecule has 6 heteroatoms. The number of piperidine rings is 1. The zero-order chi connectivity index (χ0) is 16.4. The molecular weight excluding hydrogens is 292 g/mol. The first-order chi connectivity index (χ1) is 11.1. The van der Waals surface area contributed by atoms with E-state index in [0.717, 1.165) is 25.9 Å². The molecule has 1 fully saturated rings. The second-order valence-corrected chi connectivity index (χ2v) is 6.03. The van der Waals surface area contributed by atoms with Crippen LogP contribution in [0, 0.1) is 10.1 Å². The molecule has 0 radical (unpaired) electrons. The second kappa shape index (κ2) is 6.40. The summed E-state index contributed by atoms with van der Waals surface area (Å²) in [5, 5.41) is 15.8. The summed E-state index contributed by atoms with van der Waals surface area (Å²) in [6, 6.07) is 10.5. The van der Waals surface area contributed by atoms with E-state index in [2.05, 4.69) is 34.3 Å². The van der Waals surface area contributed by atoms with Crippen LogP contribution in [0.15, 0.2) is 30.3 Å². The maximum absolute atomic E-state index is 11.5. The first-order valence-corrected chi connectivity index (χ1v) is 8.12. The number of rotatable bonds is 4. The van der Waals surface area contributed by atoms with Crippen molar-refractivity contribution in [1.82, 2.24) is 9.78 Å². The first kappa shape index (κ1) is 15.5. The highest BCUT2D eigenvalue weighted by atomic mass is 16.6. The molecule has 2 heterocycles. The summed E-state index contributed by atoms with van der Waals surface area (Å²) in [6.07, 6.45) is 2.59. The van der Waals surface area contributed by atoms with Crippen molar-refractivity contribution in [3.05, 3.63) is 51.7 Å². The lowest BCUT2D eigenvalue weighted by atomic mass is 9.89. The van der Waals surface area contributed by atoms with Crippen LogP contribution < -0.4 is 4.90 Å². The highest BCUT2D eigenvalue weighted by molar-refractivity contribution is 5.62. The SMILES string of the molecule is CCc1nn(C)c(N2CCC(c3ccccc3)CC2)c1[N+](=O)[O-]. The highest BCUT2D eigenvalue weighted by Crippen LogP contribution is 2.36. The van der Waals surface area contributed by atoms with Crippen molar-refractivity contribution in [2.75, 3.05) is 18.0 Å². The Balaban J connectivity index is 1.80. The molecule has 0 spiro atoms. The number of hydrogen-bond acceptors (Lipinski definition) is 4. The third kappa shape index (κ3) is 2.93. The maximum Gasteiger partial charge on any atom is 0.334 e. The van der Waals surface area contributed by atoms with Crippen LogP contribution >= 0.6 is 0 Å². The predicted molar refractivity (Wildman–Crippen MR) is 89.9 cm³/mol. The molecule has 0 saturated carbocycles. The van der Waals surface area contributed by atoms with Gasteiger partial charge in [0.15, 0.2) is 0 Å².